The van der Waals surface area contributed by atoms with Crippen LogP contribution in [0.25, 0.3) is 0 Å². The number of hydrogen-bond acceptors (Lipinski definition) is 4. The molecule has 3 aliphatic carbocycles. The van der Waals surface area contributed by atoms with Gasteiger partial charge < -0.3 is 14.8 Å². The molecule has 6 rings (SSSR count). The second-order valence-electron chi connectivity index (χ2n) is 12.4. The van der Waals surface area contributed by atoms with Crippen LogP contribution in [0.5, 0.6) is 0 Å². The number of nitrogens with zero attached hydrogens (tertiary/aromatic N) is 2. The zero-order chi connectivity index (χ0) is 24.2. The third kappa shape index (κ3) is 4.01. The van der Waals surface area contributed by atoms with Crippen LogP contribution in [0.15, 0.2) is 23.4 Å². The summed E-state index contributed by atoms with van der Waals surface area (Å²) in [6, 6.07) is 6.46. The normalized spacial score (nSPS) is 36.7. The lowest BCUT2D eigenvalue weighted by Crippen LogP contribution is -2.44. The van der Waals surface area contributed by atoms with Crippen LogP contribution in [-0.4, -0.2) is 48.0 Å². The first-order valence-corrected chi connectivity index (χ1v) is 14.2. The molecule has 1 aromatic carbocycles. The van der Waals surface area contributed by atoms with Crippen LogP contribution < -0.4 is 0 Å². The topological polar surface area (TPSA) is 62.1 Å². The van der Waals surface area contributed by atoms with Gasteiger partial charge in [0, 0.05) is 43.2 Å². The molecule has 1 amide bonds. The van der Waals surface area contributed by atoms with Gasteiger partial charge in [-0.05, 0) is 110 Å². The summed E-state index contributed by atoms with van der Waals surface area (Å²) in [5, 5.41) is 14.6. The number of benzene rings is 1. The molecule has 6 heteroatoms. The zero-order valence-electron chi connectivity index (χ0n) is 21.0. The number of hydrogen-bond donors (Lipinski definition) is 1. The van der Waals surface area contributed by atoms with Crippen molar-refractivity contribution in [2.24, 2.45) is 33.7 Å². The Morgan fingerprint density at radius 1 is 1.23 bits per heavy atom. The number of likely N-dealkylation sites (tertiary alicyclic amines) is 1. The van der Waals surface area contributed by atoms with E-state index in [9.17, 15) is 10.0 Å². The number of carbonyl (C=O) groups excluding carboxylic acids is 1. The third-order valence-corrected chi connectivity index (χ3v) is 11.0. The minimum absolute atomic E-state index is 0.0483. The summed E-state index contributed by atoms with van der Waals surface area (Å²) >= 11 is 6.31. The van der Waals surface area contributed by atoms with Crippen molar-refractivity contribution in [2.45, 2.75) is 77.0 Å². The Labute approximate surface area is 214 Å². The number of rotatable bonds is 3. The van der Waals surface area contributed by atoms with Crippen LogP contribution in [0.1, 0.15) is 81.8 Å². The maximum atomic E-state index is 13.3. The van der Waals surface area contributed by atoms with Gasteiger partial charge in [-0.2, -0.15) is 0 Å². The fourth-order valence-electron chi connectivity index (χ4n) is 8.88. The number of aryl methyl sites for hydroxylation is 1. The maximum absolute atomic E-state index is 13.3. The molecule has 1 spiro atoms. The number of halogens is 1. The van der Waals surface area contributed by atoms with Crippen LogP contribution in [0.3, 0.4) is 0 Å². The molecular weight excluding hydrogens is 460 g/mol. The van der Waals surface area contributed by atoms with E-state index in [0.717, 1.165) is 94.8 Å². The van der Waals surface area contributed by atoms with E-state index in [1.165, 1.54) is 11.1 Å². The molecule has 35 heavy (non-hydrogen) atoms. The summed E-state index contributed by atoms with van der Waals surface area (Å²) in [6.45, 7) is 5.82. The van der Waals surface area contributed by atoms with Gasteiger partial charge in [0.25, 0.3) is 0 Å². The second-order valence-corrected chi connectivity index (χ2v) is 12.8. The Hall–Kier alpha value is -1.59. The molecular formula is C29H39ClN2O3. The van der Waals surface area contributed by atoms with Gasteiger partial charge in [-0.15, -0.1) is 0 Å². The van der Waals surface area contributed by atoms with E-state index in [1.807, 2.05) is 6.07 Å². The lowest BCUT2D eigenvalue weighted by molar-refractivity contribution is -0.131. The van der Waals surface area contributed by atoms with E-state index >= 15 is 0 Å². The molecule has 2 saturated heterocycles. The molecule has 5 aliphatic rings. The van der Waals surface area contributed by atoms with Crippen molar-refractivity contribution in [2.75, 3.05) is 26.3 Å². The van der Waals surface area contributed by atoms with Crippen LogP contribution in [0, 0.1) is 28.6 Å². The molecule has 0 bridgehead atoms. The Balaban J connectivity index is 1.18. The van der Waals surface area contributed by atoms with Crippen molar-refractivity contribution in [1.29, 1.82) is 0 Å². The smallest absolute Gasteiger partial charge is 0.222 e. The van der Waals surface area contributed by atoms with Crippen molar-refractivity contribution >= 4 is 23.2 Å². The van der Waals surface area contributed by atoms with Gasteiger partial charge in [-0.1, -0.05) is 29.7 Å². The van der Waals surface area contributed by atoms with Crippen LogP contribution >= 0.6 is 11.6 Å². The highest BCUT2D eigenvalue weighted by molar-refractivity contribution is 6.30. The lowest BCUT2D eigenvalue weighted by Gasteiger charge is -2.50. The largest absolute Gasteiger partial charge is 0.411 e. The van der Waals surface area contributed by atoms with E-state index < -0.39 is 0 Å². The Morgan fingerprint density at radius 2 is 2.06 bits per heavy atom. The van der Waals surface area contributed by atoms with Crippen molar-refractivity contribution < 1.29 is 14.7 Å². The molecule has 5 nitrogen and oxygen atoms in total. The Kier molecular flexibility index (Phi) is 6.16. The van der Waals surface area contributed by atoms with Gasteiger partial charge in [0.2, 0.25) is 5.91 Å². The van der Waals surface area contributed by atoms with E-state index in [4.69, 9.17) is 16.3 Å². The molecule has 2 saturated carbocycles. The summed E-state index contributed by atoms with van der Waals surface area (Å²) in [7, 11) is 0. The van der Waals surface area contributed by atoms with E-state index in [2.05, 4.69) is 29.1 Å². The molecule has 1 aromatic rings. The molecule has 0 aromatic heterocycles. The van der Waals surface area contributed by atoms with Gasteiger partial charge in [0.1, 0.15) is 0 Å². The number of oxime groups is 1. The monoisotopic (exact) mass is 498 g/mol. The van der Waals surface area contributed by atoms with E-state index in [-0.39, 0.29) is 5.41 Å². The molecule has 1 N–H and O–H groups in total. The number of ether oxygens (including phenoxy) is 1. The average molecular weight is 499 g/mol. The maximum Gasteiger partial charge on any atom is 0.222 e. The van der Waals surface area contributed by atoms with Gasteiger partial charge in [0.05, 0.1) is 5.71 Å². The summed E-state index contributed by atoms with van der Waals surface area (Å²) in [6.07, 6.45) is 10.1. The summed E-state index contributed by atoms with van der Waals surface area (Å²) < 4.78 is 5.58. The number of fused-ring (bicyclic) bond motifs is 5. The molecule has 2 heterocycles. The SMILES string of the molecule is C[C@]12CCC3c4ccc(Cl)cc4CCC3C1[C@H](CCC(=O)N1CCC3(CCOCC3)C1)C/C2=N\O. The highest BCUT2D eigenvalue weighted by atomic mass is 35.5. The first kappa shape index (κ1) is 23.8. The van der Waals surface area contributed by atoms with Crippen molar-refractivity contribution in [3.05, 3.63) is 34.3 Å². The van der Waals surface area contributed by atoms with Crippen molar-refractivity contribution in [3.63, 3.8) is 0 Å². The Morgan fingerprint density at radius 3 is 2.86 bits per heavy atom. The summed E-state index contributed by atoms with van der Waals surface area (Å²) in [4.78, 5) is 15.4. The third-order valence-electron chi connectivity index (χ3n) is 10.8. The molecule has 4 fully saturated rings. The molecule has 190 valence electrons. The van der Waals surface area contributed by atoms with Gasteiger partial charge in [-0.25, -0.2) is 0 Å². The van der Waals surface area contributed by atoms with E-state index in [1.54, 1.807) is 0 Å². The minimum Gasteiger partial charge on any atom is -0.411 e. The lowest BCUT2D eigenvalue weighted by atomic mass is 9.54. The first-order valence-electron chi connectivity index (χ1n) is 13.8. The zero-order valence-corrected chi connectivity index (χ0v) is 21.7. The summed E-state index contributed by atoms with van der Waals surface area (Å²) in [5.41, 5.74) is 4.12. The predicted octanol–water partition coefficient (Wildman–Crippen LogP) is 6.06. The van der Waals surface area contributed by atoms with Crippen molar-refractivity contribution in [3.8, 4) is 0 Å². The van der Waals surface area contributed by atoms with Gasteiger partial charge >= 0.3 is 0 Å². The predicted molar refractivity (Wildman–Crippen MR) is 137 cm³/mol. The number of amides is 1. The quantitative estimate of drug-likeness (QED) is 0.407. The van der Waals surface area contributed by atoms with E-state index in [0.29, 0.717) is 41.4 Å². The first-order chi connectivity index (χ1) is 16.9. The molecule has 0 radical (unpaired) electrons. The van der Waals surface area contributed by atoms with Crippen LogP contribution in [0.2, 0.25) is 5.02 Å². The van der Waals surface area contributed by atoms with Gasteiger partial charge in [0.15, 0.2) is 0 Å². The molecule has 3 unspecified atom stereocenters. The average Bonchev–Trinajstić information content (AvgIpc) is 3.40. The standard InChI is InChI=1S/C29H39ClN2O3/c1-28-9-8-23-22-6-4-21(30)16-19(22)2-5-24(23)27(28)20(17-25(28)31-34)3-7-26(33)32-13-10-29(18-32)11-14-35-15-12-29/h4,6,16,20,23-24,27,34H,2-3,5,7-15,17-18H2,1H3/b31-25+/t20-,23?,24?,27?,28-/m1/s1. The number of carbonyl (C=O) groups is 1. The molecule has 5 atom stereocenters. The fraction of sp³-hybridized carbons (Fsp3) is 0.724. The highest BCUT2D eigenvalue weighted by Gasteiger charge is 2.57. The fourth-order valence-corrected chi connectivity index (χ4v) is 9.07. The van der Waals surface area contributed by atoms with Gasteiger partial charge in [-0.3, -0.25) is 4.79 Å². The minimum atomic E-state index is -0.0483. The molecule has 2 aliphatic heterocycles. The highest BCUT2D eigenvalue weighted by Crippen LogP contribution is 2.62. The van der Waals surface area contributed by atoms with Crippen molar-refractivity contribution in [1.82, 2.24) is 4.90 Å². The second kappa shape index (κ2) is 9.06. The van der Waals surface area contributed by atoms with Crippen LogP contribution in [0.4, 0.5) is 0 Å². The van der Waals surface area contributed by atoms with Crippen LogP contribution in [-0.2, 0) is 16.0 Å². The summed E-state index contributed by atoms with van der Waals surface area (Å²) in [5.74, 6) is 2.34. The Bertz CT molecular complexity index is 1020.